The van der Waals surface area contributed by atoms with E-state index in [2.05, 4.69) is 12.2 Å². The Balaban J connectivity index is 2.12. The van der Waals surface area contributed by atoms with Crippen molar-refractivity contribution in [3.8, 4) is 11.5 Å². The first-order valence-electron chi connectivity index (χ1n) is 7.32. The van der Waals surface area contributed by atoms with E-state index in [0.29, 0.717) is 22.6 Å². The summed E-state index contributed by atoms with van der Waals surface area (Å²) in [4.78, 5) is 0. The summed E-state index contributed by atoms with van der Waals surface area (Å²) in [5.74, 6) is 2.21. The van der Waals surface area contributed by atoms with Gasteiger partial charge in [0.05, 0.1) is 24.9 Å². The molecule has 2 unspecified atom stereocenters. The maximum Gasteiger partial charge on any atom is 0.162 e. The molecule has 1 N–H and O–H groups in total. The molecule has 0 saturated heterocycles. The first-order valence-corrected chi connectivity index (χ1v) is 7.70. The number of methoxy groups -OCH3 is 2. The lowest BCUT2D eigenvalue weighted by atomic mass is 10.0. The van der Waals surface area contributed by atoms with Gasteiger partial charge in [-0.15, -0.1) is 0 Å². The smallest absolute Gasteiger partial charge is 0.162 e. The van der Waals surface area contributed by atoms with Crippen LogP contribution in [0, 0.1) is 5.92 Å². The zero-order valence-electron chi connectivity index (χ0n) is 12.5. The van der Waals surface area contributed by atoms with Gasteiger partial charge in [-0.25, -0.2) is 0 Å². The van der Waals surface area contributed by atoms with Crippen LogP contribution in [0.3, 0.4) is 0 Å². The van der Waals surface area contributed by atoms with E-state index in [1.54, 1.807) is 14.2 Å². The topological polar surface area (TPSA) is 30.5 Å². The van der Waals surface area contributed by atoms with Crippen molar-refractivity contribution in [2.24, 2.45) is 5.92 Å². The molecule has 1 aromatic carbocycles. The molecule has 1 aromatic rings. The Bertz CT molecular complexity index is 450. The lowest BCUT2D eigenvalue weighted by Crippen LogP contribution is -2.18. The maximum atomic E-state index is 6.33. The molecule has 2 atom stereocenters. The molecule has 2 rings (SSSR count). The van der Waals surface area contributed by atoms with Crippen LogP contribution in [0.25, 0.3) is 0 Å². The first-order chi connectivity index (χ1) is 9.63. The molecule has 1 fully saturated rings. The number of rotatable bonds is 4. The monoisotopic (exact) mass is 297 g/mol. The summed E-state index contributed by atoms with van der Waals surface area (Å²) >= 11 is 6.33. The molecule has 0 aromatic heterocycles. The van der Waals surface area contributed by atoms with Gasteiger partial charge in [0.15, 0.2) is 11.5 Å². The highest BCUT2D eigenvalue weighted by molar-refractivity contribution is 6.33. The Morgan fingerprint density at radius 3 is 2.45 bits per heavy atom. The number of hydrogen-bond donors (Lipinski definition) is 1. The second-order valence-electron chi connectivity index (χ2n) is 5.64. The van der Waals surface area contributed by atoms with Crippen LogP contribution in [0.5, 0.6) is 11.5 Å². The van der Waals surface area contributed by atoms with Crippen LogP contribution < -0.4 is 14.8 Å². The van der Waals surface area contributed by atoms with Crippen molar-refractivity contribution in [3.63, 3.8) is 0 Å². The molecular weight excluding hydrogens is 274 g/mol. The number of nitrogens with one attached hydrogen (secondary N) is 1. The fourth-order valence-corrected chi connectivity index (χ4v) is 3.02. The van der Waals surface area contributed by atoms with E-state index in [-0.39, 0.29) is 0 Å². The van der Waals surface area contributed by atoms with Crippen molar-refractivity contribution >= 4 is 17.3 Å². The van der Waals surface area contributed by atoms with Gasteiger partial charge < -0.3 is 14.8 Å². The first kappa shape index (κ1) is 15.3. The van der Waals surface area contributed by atoms with E-state index in [1.807, 2.05) is 12.1 Å². The van der Waals surface area contributed by atoms with E-state index < -0.39 is 0 Å². The van der Waals surface area contributed by atoms with Crippen LogP contribution in [0.15, 0.2) is 12.1 Å². The van der Waals surface area contributed by atoms with Crippen molar-refractivity contribution < 1.29 is 9.47 Å². The third kappa shape index (κ3) is 3.72. The fraction of sp³-hybridized carbons (Fsp3) is 0.625. The van der Waals surface area contributed by atoms with Crippen molar-refractivity contribution in [3.05, 3.63) is 17.2 Å². The molecule has 0 bridgehead atoms. The molecule has 112 valence electrons. The van der Waals surface area contributed by atoms with Gasteiger partial charge in [0.1, 0.15) is 0 Å². The summed E-state index contributed by atoms with van der Waals surface area (Å²) in [6.07, 6.45) is 6.30. The third-order valence-corrected chi connectivity index (χ3v) is 4.40. The molecule has 20 heavy (non-hydrogen) atoms. The van der Waals surface area contributed by atoms with Gasteiger partial charge in [0.25, 0.3) is 0 Å². The van der Waals surface area contributed by atoms with Crippen LogP contribution in [-0.4, -0.2) is 20.3 Å². The predicted molar refractivity (Wildman–Crippen MR) is 84.2 cm³/mol. The van der Waals surface area contributed by atoms with Gasteiger partial charge in [-0.2, -0.15) is 0 Å². The second-order valence-corrected chi connectivity index (χ2v) is 6.05. The zero-order chi connectivity index (χ0) is 14.5. The van der Waals surface area contributed by atoms with Crippen molar-refractivity contribution in [1.29, 1.82) is 0 Å². The highest BCUT2D eigenvalue weighted by atomic mass is 35.5. The molecule has 0 amide bonds. The molecule has 0 heterocycles. The van der Waals surface area contributed by atoms with E-state index in [4.69, 9.17) is 21.1 Å². The minimum Gasteiger partial charge on any atom is -0.493 e. The number of anilines is 1. The predicted octanol–water partition coefficient (Wildman–Crippen LogP) is 4.74. The number of ether oxygens (including phenoxy) is 2. The molecule has 1 aliphatic rings. The minimum atomic E-state index is 0.496. The van der Waals surface area contributed by atoms with Crippen LogP contribution in [-0.2, 0) is 0 Å². The minimum absolute atomic E-state index is 0.496. The Morgan fingerprint density at radius 1 is 1.05 bits per heavy atom. The van der Waals surface area contributed by atoms with E-state index in [0.717, 1.165) is 11.6 Å². The second kappa shape index (κ2) is 7.07. The van der Waals surface area contributed by atoms with Crippen molar-refractivity contribution in [2.45, 2.75) is 45.1 Å². The van der Waals surface area contributed by atoms with Gasteiger partial charge in [0, 0.05) is 18.2 Å². The Kier molecular flexibility index (Phi) is 5.41. The summed E-state index contributed by atoms with van der Waals surface area (Å²) in [5, 5.41) is 4.25. The summed E-state index contributed by atoms with van der Waals surface area (Å²) in [6.45, 7) is 2.34. The van der Waals surface area contributed by atoms with Crippen molar-refractivity contribution in [1.82, 2.24) is 0 Å². The van der Waals surface area contributed by atoms with Gasteiger partial charge in [-0.1, -0.05) is 31.4 Å². The highest BCUT2D eigenvalue weighted by Gasteiger charge is 2.18. The van der Waals surface area contributed by atoms with E-state index in [1.165, 1.54) is 32.1 Å². The van der Waals surface area contributed by atoms with Crippen LogP contribution >= 0.6 is 11.6 Å². The Morgan fingerprint density at radius 2 is 1.75 bits per heavy atom. The number of hydrogen-bond acceptors (Lipinski definition) is 3. The van der Waals surface area contributed by atoms with Gasteiger partial charge in [0.2, 0.25) is 0 Å². The number of benzene rings is 1. The average molecular weight is 298 g/mol. The Hall–Kier alpha value is -1.09. The molecule has 0 spiro atoms. The fourth-order valence-electron chi connectivity index (χ4n) is 2.82. The third-order valence-electron chi connectivity index (χ3n) is 4.09. The number of halogens is 1. The van der Waals surface area contributed by atoms with Crippen LogP contribution in [0.1, 0.15) is 39.0 Å². The SMILES string of the molecule is COc1cc(Cl)c(NC2CCCC(C)CC2)cc1OC. The molecular formula is C16H24ClNO2. The van der Waals surface area contributed by atoms with E-state index >= 15 is 0 Å². The van der Waals surface area contributed by atoms with Gasteiger partial charge >= 0.3 is 0 Å². The lowest BCUT2D eigenvalue weighted by Gasteiger charge is -2.20. The molecule has 1 saturated carbocycles. The average Bonchev–Trinajstić information content (AvgIpc) is 2.65. The standard InChI is InChI=1S/C16H24ClNO2/c1-11-5-4-6-12(8-7-11)18-14-10-16(20-3)15(19-2)9-13(14)17/h9-12,18H,4-8H2,1-3H3. The summed E-state index contributed by atoms with van der Waals surface area (Å²) in [7, 11) is 3.26. The van der Waals surface area contributed by atoms with Crippen LogP contribution in [0.2, 0.25) is 5.02 Å². The molecule has 3 nitrogen and oxygen atoms in total. The lowest BCUT2D eigenvalue weighted by molar-refractivity contribution is 0.355. The molecule has 4 heteroatoms. The van der Waals surface area contributed by atoms with Crippen LogP contribution in [0.4, 0.5) is 5.69 Å². The zero-order valence-corrected chi connectivity index (χ0v) is 13.3. The molecule has 0 radical (unpaired) electrons. The normalized spacial score (nSPS) is 23.0. The van der Waals surface area contributed by atoms with Crippen molar-refractivity contribution in [2.75, 3.05) is 19.5 Å². The summed E-state index contributed by atoms with van der Waals surface area (Å²) in [6, 6.07) is 4.23. The maximum absolute atomic E-state index is 6.33. The Labute approximate surface area is 126 Å². The largest absolute Gasteiger partial charge is 0.493 e. The van der Waals surface area contributed by atoms with Gasteiger partial charge in [-0.3, -0.25) is 0 Å². The highest BCUT2D eigenvalue weighted by Crippen LogP contribution is 2.37. The quantitative estimate of drug-likeness (QED) is 0.814. The van der Waals surface area contributed by atoms with Gasteiger partial charge in [-0.05, 0) is 25.2 Å². The molecule has 1 aliphatic carbocycles. The van der Waals surface area contributed by atoms with E-state index in [9.17, 15) is 0 Å². The molecule has 0 aliphatic heterocycles. The summed E-state index contributed by atoms with van der Waals surface area (Å²) in [5.41, 5.74) is 0.934. The summed E-state index contributed by atoms with van der Waals surface area (Å²) < 4.78 is 10.6.